The van der Waals surface area contributed by atoms with E-state index in [0.29, 0.717) is 13.2 Å². The van der Waals surface area contributed by atoms with Crippen LogP contribution in [0.1, 0.15) is 12.5 Å². The van der Waals surface area contributed by atoms with E-state index in [0.717, 1.165) is 47.8 Å². The zero-order valence-electron chi connectivity index (χ0n) is 12.9. The number of ether oxygens (including phenoxy) is 1. The van der Waals surface area contributed by atoms with E-state index in [1.807, 2.05) is 0 Å². The van der Waals surface area contributed by atoms with Crippen LogP contribution in [0.3, 0.4) is 0 Å². The summed E-state index contributed by atoms with van der Waals surface area (Å²) in [5, 5.41) is 11.9. The van der Waals surface area contributed by atoms with Crippen molar-refractivity contribution >= 4 is 39.0 Å². The minimum atomic E-state index is -0.192. The Labute approximate surface area is 143 Å². The summed E-state index contributed by atoms with van der Waals surface area (Å²) >= 11 is 7.87. The number of aliphatic hydroxyl groups excluding tert-OH is 1. The van der Waals surface area contributed by atoms with Gasteiger partial charge in [-0.3, -0.25) is 4.90 Å². The maximum absolute atomic E-state index is 9.44. The fraction of sp³-hybridized carbons (Fsp3) is 0.600. The van der Waals surface area contributed by atoms with Crippen LogP contribution in [0.15, 0.2) is 5.38 Å². The first-order chi connectivity index (χ1) is 11.1. The molecule has 2 aliphatic rings. The molecule has 23 heavy (non-hydrogen) atoms. The number of anilines is 1. The molecule has 0 saturated carbocycles. The number of nitrogens with zero attached hydrogens (tertiary/aromatic N) is 4. The van der Waals surface area contributed by atoms with Gasteiger partial charge in [0.1, 0.15) is 0 Å². The number of morpholine rings is 1. The number of aromatic nitrogens is 2. The largest absolute Gasteiger partial charge is 0.390 e. The molecule has 2 aromatic rings. The first-order valence-electron chi connectivity index (χ1n) is 7.80. The Morgan fingerprint density at radius 1 is 1.43 bits per heavy atom. The molecule has 1 atom stereocenters. The summed E-state index contributed by atoms with van der Waals surface area (Å²) < 4.78 is 6.60. The van der Waals surface area contributed by atoms with Gasteiger partial charge in [-0.1, -0.05) is 0 Å². The summed E-state index contributed by atoms with van der Waals surface area (Å²) in [6, 6.07) is 0.272. The van der Waals surface area contributed by atoms with Gasteiger partial charge in [-0.2, -0.15) is 4.98 Å². The quantitative estimate of drug-likeness (QED) is 0.847. The molecule has 2 saturated heterocycles. The van der Waals surface area contributed by atoms with E-state index >= 15 is 0 Å². The van der Waals surface area contributed by atoms with Gasteiger partial charge in [0, 0.05) is 31.7 Å². The van der Waals surface area contributed by atoms with Crippen molar-refractivity contribution in [3.63, 3.8) is 0 Å². The van der Waals surface area contributed by atoms with E-state index in [9.17, 15) is 5.11 Å². The molecular weight excluding hydrogens is 336 g/mol. The molecule has 0 unspecified atom stereocenters. The van der Waals surface area contributed by atoms with Gasteiger partial charge in [-0.15, -0.1) is 11.3 Å². The minimum Gasteiger partial charge on any atom is -0.390 e. The lowest BCUT2D eigenvalue weighted by Crippen LogP contribution is -2.49. The van der Waals surface area contributed by atoms with E-state index in [1.165, 1.54) is 0 Å². The Morgan fingerprint density at radius 3 is 3.00 bits per heavy atom. The first kappa shape index (κ1) is 15.5. The van der Waals surface area contributed by atoms with Crippen molar-refractivity contribution in [1.82, 2.24) is 14.9 Å². The van der Waals surface area contributed by atoms with E-state index in [2.05, 4.69) is 32.1 Å². The van der Waals surface area contributed by atoms with Gasteiger partial charge in [0.25, 0.3) is 0 Å². The highest BCUT2D eigenvalue weighted by molar-refractivity contribution is 7.18. The van der Waals surface area contributed by atoms with Crippen molar-refractivity contribution in [3.8, 4) is 0 Å². The molecule has 124 valence electrons. The van der Waals surface area contributed by atoms with Gasteiger partial charge >= 0.3 is 0 Å². The average Bonchev–Trinajstić information content (AvgIpc) is 2.88. The van der Waals surface area contributed by atoms with Crippen LogP contribution in [0.25, 0.3) is 10.2 Å². The number of rotatable bonds is 3. The Bertz CT molecular complexity index is 719. The van der Waals surface area contributed by atoms with Crippen molar-refractivity contribution in [1.29, 1.82) is 0 Å². The highest BCUT2D eigenvalue weighted by Crippen LogP contribution is 2.35. The standard InChI is InChI=1S/C15H19ClN4O2S/c1-9-7-22-3-2-20(9)14-13-12(17-15(16)18-14)10(8-23-13)4-19-5-11(21)6-19/h8-9,11,21H,2-7H2,1H3/t9-/m1/s1. The van der Waals surface area contributed by atoms with Crippen molar-refractivity contribution in [2.45, 2.75) is 25.6 Å². The molecule has 2 aliphatic heterocycles. The van der Waals surface area contributed by atoms with Gasteiger partial charge < -0.3 is 14.7 Å². The molecule has 0 spiro atoms. The topological polar surface area (TPSA) is 61.7 Å². The Kier molecular flexibility index (Phi) is 4.15. The second-order valence-electron chi connectivity index (χ2n) is 6.22. The Balaban J connectivity index is 1.69. The minimum absolute atomic E-state index is 0.192. The number of thiophene rings is 1. The molecule has 0 radical (unpaired) electrons. The summed E-state index contributed by atoms with van der Waals surface area (Å²) in [6.07, 6.45) is -0.192. The summed E-state index contributed by atoms with van der Waals surface area (Å²) in [6.45, 7) is 6.60. The number of likely N-dealkylation sites (tertiary alicyclic amines) is 1. The average molecular weight is 355 g/mol. The summed E-state index contributed by atoms with van der Waals surface area (Å²) in [7, 11) is 0. The third-order valence-corrected chi connectivity index (χ3v) is 5.60. The zero-order valence-corrected chi connectivity index (χ0v) is 14.5. The van der Waals surface area contributed by atoms with Crippen LogP contribution in [-0.2, 0) is 11.3 Å². The van der Waals surface area contributed by atoms with Crippen LogP contribution in [0, 0.1) is 0 Å². The number of fused-ring (bicyclic) bond motifs is 1. The van der Waals surface area contributed by atoms with Gasteiger partial charge in [-0.05, 0) is 23.9 Å². The maximum Gasteiger partial charge on any atom is 0.224 e. The van der Waals surface area contributed by atoms with Crippen LogP contribution in [0.5, 0.6) is 0 Å². The predicted molar refractivity (Wildman–Crippen MR) is 91.3 cm³/mol. The molecule has 4 rings (SSSR count). The zero-order chi connectivity index (χ0) is 16.0. The van der Waals surface area contributed by atoms with E-state index in [-0.39, 0.29) is 17.4 Å². The van der Waals surface area contributed by atoms with Crippen molar-refractivity contribution in [2.75, 3.05) is 37.7 Å². The Hall–Kier alpha value is -0.990. The number of β-amino-alcohol motifs (C(OH)–C–C–N with tert-alkyl or cyclic N) is 1. The van der Waals surface area contributed by atoms with Crippen LogP contribution < -0.4 is 4.90 Å². The van der Waals surface area contributed by atoms with Gasteiger partial charge in [-0.25, -0.2) is 4.98 Å². The summed E-state index contributed by atoms with van der Waals surface area (Å²) in [4.78, 5) is 13.4. The van der Waals surface area contributed by atoms with Crippen LogP contribution in [0.2, 0.25) is 5.28 Å². The van der Waals surface area contributed by atoms with E-state index in [1.54, 1.807) is 11.3 Å². The van der Waals surface area contributed by atoms with E-state index < -0.39 is 0 Å². The number of aliphatic hydroxyl groups is 1. The predicted octanol–water partition coefficient (Wildman–Crippen LogP) is 1.75. The van der Waals surface area contributed by atoms with Gasteiger partial charge in [0.05, 0.1) is 35.6 Å². The summed E-state index contributed by atoms with van der Waals surface area (Å²) in [5.74, 6) is 0.913. The molecular formula is C15H19ClN4O2S. The number of halogens is 1. The smallest absolute Gasteiger partial charge is 0.224 e. The molecule has 0 aromatic carbocycles. The number of hydrogen-bond acceptors (Lipinski definition) is 7. The van der Waals surface area contributed by atoms with Crippen LogP contribution in [-0.4, -0.2) is 65.0 Å². The lowest BCUT2D eigenvalue weighted by atomic mass is 10.1. The van der Waals surface area contributed by atoms with Crippen LogP contribution >= 0.6 is 22.9 Å². The first-order valence-corrected chi connectivity index (χ1v) is 9.06. The van der Waals surface area contributed by atoms with E-state index in [4.69, 9.17) is 16.3 Å². The molecule has 1 N–H and O–H groups in total. The Morgan fingerprint density at radius 2 is 2.26 bits per heavy atom. The molecule has 0 bridgehead atoms. The monoisotopic (exact) mass is 354 g/mol. The second kappa shape index (κ2) is 6.14. The highest BCUT2D eigenvalue weighted by Gasteiger charge is 2.27. The second-order valence-corrected chi connectivity index (χ2v) is 7.44. The fourth-order valence-electron chi connectivity index (χ4n) is 3.19. The third kappa shape index (κ3) is 2.92. The van der Waals surface area contributed by atoms with Crippen molar-refractivity contribution in [2.24, 2.45) is 0 Å². The third-order valence-electron chi connectivity index (χ3n) is 4.42. The lowest BCUT2D eigenvalue weighted by Gasteiger charge is -2.35. The van der Waals surface area contributed by atoms with Gasteiger partial charge in [0.15, 0.2) is 5.82 Å². The molecule has 0 aliphatic carbocycles. The fourth-order valence-corrected chi connectivity index (χ4v) is 4.35. The SMILES string of the molecule is C[C@@H]1COCCN1c1nc(Cl)nc2c(CN3CC(O)C3)csc12. The van der Waals surface area contributed by atoms with Crippen LogP contribution in [0.4, 0.5) is 5.82 Å². The van der Waals surface area contributed by atoms with Crippen molar-refractivity contribution < 1.29 is 9.84 Å². The molecule has 4 heterocycles. The molecule has 2 fully saturated rings. The summed E-state index contributed by atoms with van der Waals surface area (Å²) in [5.41, 5.74) is 2.09. The van der Waals surface area contributed by atoms with Crippen molar-refractivity contribution in [3.05, 3.63) is 16.2 Å². The molecule has 0 amide bonds. The normalized spacial score (nSPS) is 23.4. The lowest BCUT2D eigenvalue weighted by molar-refractivity contribution is -0.00260. The molecule has 2 aromatic heterocycles. The highest BCUT2D eigenvalue weighted by atomic mass is 35.5. The number of hydrogen-bond donors (Lipinski definition) is 1. The maximum atomic E-state index is 9.44. The molecule has 8 heteroatoms. The molecule has 6 nitrogen and oxygen atoms in total. The van der Waals surface area contributed by atoms with Gasteiger partial charge in [0.2, 0.25) is 5.28 Å².